The van der Waals surface area contributed by atoms with Gasteiger partial charge in [-0.15, -0.1) is 0 Å². The standard InChI is InChI=1S/C17H18O4/c18-9-14-8-15(19-11-16-12-20-16)6-7-17(14)21-10-13-4-2-1-3-5-13/h1-8,16,18H,9-12H2. The van der Waals surface area contributed by atoms with Crippen molar-refractivity contribution in [2.75, 3.05) is 13.2 Å². The van der Waals surface area contributed by atoms with Gasteiger partial charge in [0.1, 0.15) is 30.8 Å². The van der Waals surface area contributed by atoms with Crippen molar-refractivity contribution in [3.63, 3.8) is 0 Å². The number of aliphatic hydroxyl groups excluding tert-OH is 1. The number of aliphatic hydroxyl groups is 1. The molecule has 0 spiro atoms. The number of hydrogen-bond acceptors (Lipinski definition) is 4. The molecule has 1 fully saturated rings. The molecule has 0 saturated carbocycles. The average molecular weight is 286 g/mol. The molecule has 1 unspecified atom stereocenters. The summed E-state index contributed by atoms with van der Waals surface area (Å²) >= 11 is 0. The second-order valence-electron chi connectivity index (χ2n) is 4.97. The molecule has 1 aliphatic rings. The molecule has 0 aliphatic carbocycles. The Labute approximate surface area is 123 Å². The smallest absolute Gasteiger partial charge is 0.125 e. The fourth-order valence-corrected chi connectivity index (χ4v) is 2.00. The van der Waals surface area contributed by atoms with E-state index in [0.29, 0.717) is 19.0 Å². The van der Waals surface area contributed by atoms with Gasteiger partial charge in [0, 0.05) is 5.56 Å². The van der Waals surface area contributed by atoms with Gasteiger partial charge in [0.25, 0.3) is 0 Å². The molecule has 21 heavy (non-hydrogen) atoms. The zero-order valence-corrected chi connectivity index (χ0v) is 11.7. The number of epoxide rings is 1. The lowest BCUT2D eigenvalue weighted by molar-refractivity contribution is 0.250. The first-order valence-corrected chi connectivity index (χ1v) is 7.00. The summed E-state index contributed by atoms with van der Waals surface area (Å²) < 4.78 is 16.5. The largest absolute Gasteiger partial charge is 0.491 e. The summed E-state index contributed by atoms with van der Waals surface area (Å²) in [6.45, 7) is 1.71. The fraction of sp³-hybridized carbons (Fsp3) is 0.294. The van der Waals surface area contributed by atoms with Crippen LogP contribution in [0, 0.1) is 0 Å². The molecular weight excluding hydrogens is 268 g/mol. The molecule has 1 N–H and O–H groups in total. The Balaban J connectivity index is 1.63. The Morgan fingerprint density at radius 1 is 1.10 bits per heavy atom. The van der Waals surface area contributed by atoms with Crippen molar-refractivity contribution in [1.82, 2.24) is 0 Å². The maximum atomic E-state index is 9.47. The highest BCUT2D eigenvalue weighted by Gasteiger charge is 2.23. The van der Waals surface area contributed by atoms with Gasteiger partial charge < -0.3 is 19.3 Å². The van der Waals surface area contributed by atoms with Gasteiger partial charge in [0.2, 0.25) is 0 Å². The molecule has 1 aliphatic heterocycles. The molecule has 2 aromatic carbocycles. The number of benzene rings is 2. The van der Waals surface area contributed by atoms with E-state index in [1.165, 1.54) is 0 Å². The van der Waals surface area contributed by atoms with Crippen LogP contribution in [0.1, 0.15) is 11.1 Å². The van der Waals surface area contributed by atoms with E-state index in [-0.39, 0.29) is 12.7 Å². The van der Waals surface area contributed by atoms with Crippen LogP contribution in [0.4, 0.5) is 0 Å². The van der Waals surface area contributed by atoms with E-state index >= 15 is 0 Å². The summed E-state index contributed by atoms with van der Waals surface area (Å²) in [7, 11) is 0. The van der Waals surface area contributed by atoms with Crippen LogP contribution >= 0.6 is 0 Å². The number of hydrogen-bond donors (Lipinski definition) is 1. The molecule has 2 aromatic rings. The molecule has 0 amide bonds. The molecule has 110 valence electrons. The van der Waals surface area contributed by atoms with Gasteiger partial charge in [-0.05, 0) is 23.8 Å². The highest BCUT2D eigenvalue weighted by molar-refractivity contribution is 5.40. The van der Waals surface area contributed by atoms with Crippen molar-refractivity contribution >= 4 is 0 Å². The second kappa shape index (κ2) is 6.61. The maximum absolute atomic E-state index is 9.47. The molecule has 0 radical (unpaired) electrons. The van der Waals surface area contributed by atoms with Crippen LogP contribution in [0.15, 0.2) is 48.5 Å². The first-order chi connectivity index (χ1) is 10.3. The second-order valence-corrected chi connectivity index (χ2v) is 4.97. The number of ether oxygens (including phenoxy) is 3. The van der Waals surface area contributed by atoms with Gasteiger partial charge in [0.15, 0.2) is 0 Å². The lowest BCUT2D eigenvalue weighted by Crippen LogP contribution is -2.05. The van der Waals surface area contributed by atoms with Crippen molar-refractivity contribution in [2.45, 2.75) is 19.3 Å². The molecule has 0 bridgehead atoms. The molecule has 0 aromatic heterocycles. The normalized spacial score (nSPS) is 16.5. The summed E-state index contributed by atoms with van der Waals surface area (Å²) in [6.07, 6.45) is 0.219. The summed E-state index contributed by atoms with van der Waals surface area (Å²) in [5.41, 5.74) is 1.81. The Morgan fingerprint density at radius 3 is 2.62 bits per heavy atom. The molecule has 1 saturated heterocycles. The molecule has 1 atom stereocenters. The van der Waals surface area contributed by atoms with Crippen molar-refractivity contribution in [3.05, 3.63) is 59.7 Å². The van der Waals surface area contributed by atoms with Gasteiger partial charge in [-0.25, -0.2) is 0 Å². The molecule has 4 nitrogen and oxygen atoms in total. The van der Waals surface area contributed by atoms with Crippen molar-refractivity contribution < 1.29 is 19.3 Å². The van der Waals surface area contributed by atoms with E-state index < -0.39 is 0 Å². The predicted molar refractivity (Wildman–Crippen MR) is 78.4 cm³/mol. The summed E-state index contributed by atoms with van der Waals surface area (Å²) in [5, 5.41) is 9.47. The van der Waals surface area contributed by atoms with Crippen LogP contribution in [0.5, 0.6) is 11.5 Å². The topological polar surface area (TPSA) is 51.2 Å². The SMILES string of the molecule is OCc1cc(OCC2CO2)ccc1OCc1ccccc1. The Kier molecular flexibility index (Phi) is 4.38. The molecular formula is C17H18O4. The number of rotatable bonds is 7. The minimum atomic E-state index is -0.0821. The third-order valence-electron chi connectivity index (χ3n) is 3.28. The van der Waals surface area contributed by atoms with Crippen LogP contribution in [0.3, 0.4) is 0 Å². The monoisotopic (exact) mass is 286 g/mol. The molecule has 3 rings (SSSR count). The highest BCUT2D eigenvalue weighted by Crippen LogP contribution is 2.26. The first kappa shape index (κ1) is 13.9. The van der Waals surface area contributed by atoms with Gasteiger partial charge in [-0.2, -0.15) is 0 Å². The highest BCUT2D eigenvalue weighted by atomic mass is 16.6. The quantitative estimate of drug-likeness (QED) is 0.795. The van der Waals surface area contributed by atoms with E-state index in [2.05, 4.69) is 0 Å². The zero-order valence-electron chi connectivity index (χ0n) is 11.7. The average Bonchev–Trinajstić information content (AvgIpc) is 3.36. The van der Waals surface area contributed by atoms with E-state index in [1.807, 2.05) is 48.5 Å². The Bertz CT molecular complexity index is 579. The minimum Gasteiger partial charge on any atom is -0.491 e. The van der Waals surface area contributed by atoms with Crippen LogP contribution in [-0.2, 0) is 18.0 Å². The van der Waals surface area contributed by atoms with Crippen molar-refractivity contribution in [3.8, 4) is 11.5 Å². The van der Waals surface area contributed by atoms with Crippen LogP contribution in [0.25, 0.3) is 0 Å². The maximum Gasteiger partial charge on any atom is 0.125 e. The van der Waals surface area contributed by atoms with E-state index in [4.69, 9.17) is 14.2 Å². The minimum absolute atomic E-state index is 0.0821. The summed E-state index contributed by atoms with van der Waals surface area (Å²) in [6, 6.07) is 15.4. The predicted octanol–water partition coefficient (Wildman–Crippen LogP) is 2.54. The fourth-order valence-electron chi connectivity index (χ4n) is 2.00. The zero-order chi connectivity index (χ0) is 14.5. The van der Waals surface area contributed by atoms with E-state index in [0.717, 1.165) is 23.5 Å². The molecule has 1 heterocycles. The van der Waals surface area contributed by atoms with E-state index in [9.17, 15) is 5.11 Å². The molecule has 4 heteroatoms. The van der Waals surface area contributed by atoms with Gasteiger partial charge in [-0.1, -0.05) is 30.3 Å². The van der Waals surface area contributed by atoms with Crippen LogP contribution in [0.2, 0.25) is 0 Å². The van der Waals surface area contributed by atoms with Gasteiger partial charge in [0.05, 0.1) is 13.2 Å². The summed E-state index contributed by atoms with van der Waals surface area (Å²) in [4.78, 5) is 0. The van der Waals surface area contributed by atoms with Crippen LogP contribution in [-0.4, -0.2) is 24.4 Å². The van der Waals surface area contributed by atoms with Crippen LogP contribution < -0.4 is 9.47 Å². The lowest BCUT2D eigenvalue weighted by Gasteiger charge is -2.12. The first-order valence-electron chi connectivity index (χ1n) is 7.00. The van der Waals surface area contributed by atoms with E-state index in [1.54, 1.807) is 0 Å². The van der Waals surface area contributed by atoms with Crippen molar-refractivity contribution in [2.24, 2.45) is 0 Å². The lowest BCUT2D eigenvalue weighted by atomic mass is 10.2. The third-order valence-corrected chi connectivity index (χ3v) is 3.28. The third kappa shape index (κ3) is 3.97. The Hall–Kier alpha value is -2.04. The van der Waals surface area contributed by atoms with Gasteiger partial charge >= 0.3 is 0 Å². The Morgan fingerprint density at radius 2 is 1.90 bits per heavy atom. The summed E-state index contributed by atoms with van der Waals surface area (Å²) in [5.74, 6) is 1.40. The van der Waals surface area contributed by atoms with Gasteiger partial charge in [-0.3, -0.25) is 0 Å². The van der Waals surface area contributed by atoms with Crippen molar-refractivity contribution in [1.29, 1.82) is 0 Å².